The topological polar surface area (TPSA) is 22.1 Å². The Hall–Kier alpha value is -0.890. The molecule has 2 nitrogen and oxygen atoms in total. The molecule has 0 unspecified atom stereocenters. The molecule has 0 amide bonds. The van der Waals surface area contributed by atoms with Crippen LogP contribution in [0.1, 0.15) is 180 Å². The van der Waals surface area contributed by atoms with Crippen molar-refractivity contribution in [2.24, 2.45) is 0 Å². The van der Waals surface area contributed by atoms with E-state index in [0.29, 0.717) is 6.61 Å². The summed E-state index contributed by atoms with van der Waals surface area (Å²) in [5.41, 5.74) is 1.03. The molecule has 0 fully saturated rings. The second-order valence-electron chi connectivity index (χ2n) is 11.2. The predicted molar refractivity (Wildman–Crippen MR) is 160 cm³/mol. The third kappa shape index (κ3) is 24.8. The molecule has 2 heteroatoms. The monoisotopic (exact) mass is 501 g/mol. The van der Waals surface area contributed by atoms with Crippen LogP contribution in [0.2, 0.25) is 0 Å². The number of unbranched alkanes of at least 4 members (excludes halogenated alkanes) is 25. The van der Waals surface area contributed by atoms with Gasteiger partial charge in [0.25, 0.3) is 0 Å². The maximum Gasteiger partial charge on any atom is 0.0887 e. The summed E-state index contributed by atoms with van der Waals surface area (Å²) in [4.78, 5) is 4.29. The molecule has 36 heavy (non-hydrogen) atoms. The molecule has 1 rings (SSSR count). The fraction of sp³-hybridized carbons (Fsp3) is 0.853. The highest BCUT2D eigenvalue weighted by Gasteiger charge is 1.97. The minimum Gasteiger partial charge on any atom is -0.375 e. The van der Waals surface area contributed by atoms with Gasteiger partial charge in [0.05, 0.1) is 12.3 Å². The van der Waals surface area contributed by atoms with Crippen molar-refractivity contribution in [2.45, 2.75) is 180 Å². The molecular formula is C34H63NO. The van der Waals surface area contributed by atoms with Crippen molar-refractivity contribution in [1.82, 2.24) is 4.98 Å². The van der Waals surface area contributed by atoms with E-state index < -0.39 is 0 Å². The highest BCUT2D eigenvalue weighted by Crippen LogP contribution is 2.16. The van der Waals surface area contributed by atoms with Crippen LogP contribution in [-0.2, 0) is 11.3 Å². The molecule has 210 valence electrons. The first kappa shape index (κ1) is 33.1. The first-order chi connectivity index (χ1) is 17.9. The number of rotatable bonds is 29. The second kappa shape index (κ2) is 28.7. The summed E-state index contributed by atoms with van der Waals surface area (Å²) in [5.74, 6) is 0. The van der Waals surface area contributed by atoms with Gasteiger partial charge in [-0.15, -0.1) is 0 Å². The summed E-state index contributed by atoms with van der Waals surface area (Å²) >= 11 is 0. The first-order valence-corrected chi connectivity index (χ1v) is 16.4. The summed E-state index contributed by atoms with van der Waals surface area (Å²) in [5, 5.41) is 0. The Kier molecular flexibility index (Phi) is 26.4. The van der Waals surface area contributed by atoms with Gasteiger partial charge >= 0.3 is 0 Å². The van der Waals surface area contributed by atoms with Gasteiger partial charge in [-0.25, -0.2) is 0 Å². The highest BCUT2D eigenvalue weighted by atomic mass is 16.5. The van der Waals surface area contributed by atoms with Crippen molar-refractivity contribution < 1.29 is 4.74 Å². The third-order valence-electron chi connectivity index (χ3n) is 7.62. The Balaban J connectivity index is 1.63. The van der Waals surface area contributed by atoms with Gasteiger partial charge < -0.3 is 4.74 Å². The van der Waals surface area contributed by atoms with Crippen LogP contribution >= 0.6 is 0 Å². The van der Waals surface area contributed by atoms with E-state index in [2.05, 4.69) is 11.9 Å². The Labute approximate surface area is 226 Å². The van der Waals surface area contributed by atoms with Gasteiger partial charge in [0, 0.05) is 12.8 Å². The number of pyridine rings is 1. The average molecular weight is 502 g/mol. The number of ether oxygens (including phenoxy) is 1. The zero-order valence-electron chi connectivity index (χ0n) is 24.5. The molecular weight excluding hydrogens is 438 g/mol. The predicted octanol–water partition coefficient (Wildman–Crippen LogP) is 11.8. The molecule has 0 saturated carbocycles. The summed E-state index contributed by atoms with van der Waals surface area (Å²) in [6.07, 6.45) is 39.3. The van der Waals surface area contributed by atoms with Crippen molar-refractivity contribution in [3.05, 3.63) is 30.1 Å². The fourth-order valence-corrected chi connectivity index (χ4v) is 5.18. The number of aromatic nitrogens is 1. The molecule has 0 spiro atoms. The number of hydrogen-bond acceptors (Lipinski definition) is 2. The quantitative estimate of drug-likeness (QED) is 0.102. The van der Waals surface area contributed by atoms with Gasteiger partial charge in [0.1, 0.15) is 0 Å². The highest BCUT2D eigenvalue weighted by molar-refractivity contribution is 5.01. The molecule has 0 atom stereocenters. The van der Waals surface area contributed by atoms with Gasteiger partial charge in [-0.1, -0.05) is 174 Å². The molecule has 0 aliphatic heterocycles. The zero-order chi connectivity index (χ0) is 25.6. The van der Waals surface area contributed by atoms with Crippen LogP contribution < -0.4 is 0 Å². The maximum absolute atomic E-state index is 5.71. The van der Waals surface area contributed by atoms with E-state index in [9.17, 15) is 0 Å². The van der Waals surface area contributed by atoms with Crippen molar-refractivity contribution >= 4 is 0 Å². The molecule has 1 heterocycles. The van der Waals surface area contributed by atoms with Crippen LogP contribution in [-0.4, -0.2) is 11.6 Å². The maximum atomic E-state index is 5.71. The second-order valence-corrected chi connectivity index (χ2v) is 11.2. The van der Waals surface area contributed by atoms with E-state index >= 15 is 0 Å². The molecule has 0 aliphatic carbocycles. The molecule has 0 saturated heterocycles. The molecule has 0 N–H and O–H groups in total. The Morgan fingerprint density at radius 1 is 0.472 bits per heavy atom. The summed E-state index contributed by atoms with van der Waals surface area (Å²) in [7, 11) is 0. The SMILES string of the molecule is CCCCCCCCCCCCCCCCCCCCCCCCCCCCOCc1ccccn1. The zero-order valence-corrected chi connectivity index (χ0v) is 24.5. The summed E-state index contributed by atoms with van der Waals surface area (Å²) < 4.78 is 5.71. The van der Waals surface area contributed by atoms with Crippen LogP contribution in [0.25, 0.3) is 0 Å². The van der Waals surface area contributed by atoms with E-state index in [0.717, 1.165) is 12.3 Å². The Morgan fingerprint density at radius 3 is 1.17 bits per heavy atom. The van der Waals surface area contributed by atoms with Crippen LogP contribution in [0.4, 0.5) is 0 Å². The largest absolute Gasteiger partial charge is 0.375 e. The standard InChI is InChI=1S/C34H63NO/c1-2-3-4-5-6-7-8-9-10-11-12-13-14-15-16-17-18-19-20-21-22-23-24-25-26-29-32-36-33-34-30-27-28-31-35-34/h27-28,30-31H,2-26,29,32-33H2,1H3. The molecule has 1 aromatic heterocycles. The smallest absolute Gasteiger partial charge is 0.0887 e. The van der Waals surface area contributed by atoms with E-state index in [-0.39, 0.29) is 0 Å². The van der Waals surface area contributed by atoms with Crippen LogP contribution in [0, 0.1) is 0 Å². The molecule has 0 aliphatic rings. The van der Waals surface area contributed by atoms with E-state index in [4.69, 9.17) is 4.74 Å². The van der Waals surface area contributed by atoms with Crippen molar-refractivity contribution in [3.8, 4) is 0 Å². The minimum absolute atomic E-state index is 0.653. The van der Waals surface area contributed by atoms with Gasteiger partial charge in [0.15, 0.2) is 0 Å². The molecule has 0 aromatic carbocycles. The average Bonchev–Trinajstić information content (AvgIpc) is 2.91. The van der Waals surface area contributed by atoms with Crippen LogP contribution in [0.15, 0.2) is 24.4 Å². The van der Waals surface area contributed by atoms with E-state index in [1.165, 1.54) is 167 Å². The summed E-state index contributed by atoms with van der Waals surface area (Å²) in [6.45, 7) is 3.83. The normalized spacial score (nSPS) is 11.4. The van der Waals surface area contributed by atoms with Gasteiger partial charge in [0.2, 0.25) is 0 Å². The number of hydrogen-bond donors (Lipinski definition) is 0. The Morgan fingerprint density at radius 2 is 0.833 bits per heavy atom. The summed E-state index contributed by atoms with van der Waals surface area (Å²) in [6, 6.07) is 6.00. The van der Waals surface area contributed by atoms with Crippen molar-refractivity contribution in [1.29, 1.82) is 0 Å². The van der Waals surface area contributed by atoms with Crippen molar-refractivity contribution in [2.75, 3.05) is 6.61 Å². The lowest BCUT2D eigenvalue weighted by atomic mass is 10.0. The third-order valence-corrected chi connectivity index (χ3v) is 7.62. The number of nitrogens with zero attached hydrogens (tertiary/aromatic N) is 1. The van der Waals surface area contributed by atoms with E-state index in [1.54, 1.807) is 0 Å². The van der Waals surface area contributed by atoms with Crippen molar-refractivity contribution in [3.63, 3.8) is 0 Å². The molecule has 0 radical (unpaired) electrons. The lowest BCUT2D eigenvalue weighted by Gasteiger charge is -2.05. The van der Waals surface area contributed by atoms with Crippen LogP contribution in [0.5, 0.6) is 0 Å². The van der Waals surface area contributed by atoms with Gasteiger partial charge in [-0.3, -0.25) is 4.98 Å². The first-order valence-electron chi connectivity index (χ1n) is 16.4. The minimum atomic E-state index is 0.653. The van der Waals surface area contributed by atoms with Gasteiger partial charge in [-0.05, 0) is 18.6 Å². The van der Waals surface area contributed by atoms with Crippen LogP contribution in [0.3, 0.4) is 0 Å². The van der Waals surface area contributed by atoms with E-state index in [1.807, 2.05) is 24.4 Å². The Bertz CT molecular complexity index is 517. The lowest BCUT2D eigenvalue weighted by Crippen LogP contribution is -1.97. The molecule has 0 bridgehead atoms. The van der Waals surface area contributed by atoms with Gasteiger partial charge in [-0.2, -0.15) is 0 Å². The fourth-order valence-electron chi connectivity index (χ4n) is 5.18. The molecule has 1 aromatic rings. The lowest BCUT2D eigenvalue weighted by molar-refractivity contribution is 0.114.